The van der Waals surface area contributed by atoms with Crippen LogP contribution in [-0.4, -0.2) is 80.1 Å². The summed E-state index contributed by atoms with van der Waals surface area (Å²) in [5.41, 5.74) is 7.24. The molecule has 2 heterocycles. The number of halogens is 2. The number of piperazine rings is 1. The molecule has 10 heteroatoms. The van der Waals surface area contributed by atoms with Crippen molar-refractivity contribution in [3.05, 3.63) is 33.8 Å². The molecule has 3 rings (SSSR count). The number of carbonyl (C=O) groups is 1. The van der Waals surface area contributed by atoms with Crippen molar-refractivity contribution in [3.63, 3.8) is 0 Å². The number of likely N-dealkylation sites (tertiary alicyclic amines) is 1. The molecule has 2 saturated heterocycles. The van der Waals surface area contributed by atoms with Crippen LogP contribution in [-0.2, 0) is 10.0 Å². The van der Waals surface area contributed by atoms with Gasteiger partial charge in [0.1, 0.15) is 0 Å². The number of sulfonamides is 1. The number of amides is 2. The molecule has 156 valence electrons. The van der Waals surface area contributed by atoms with Crippen LogP contribution in [0.2, 0.25) is 10.0 Å². The number of benzene rings is 1. The average molecular weight is 449 g/mol. The van der Waals surface area contributed by atoms with Crippen molar-refractivity contribution in [3.8, 4) is 0 Å². The van der Waals surface area contributed by atoms with Crippen LogP contribution in [0.5, 0.6) is 0 Å². The smallest absolute Gasteiger partial charge is 0.320 e. The van der Waals surface area contributed by atoms with Crippen LogP contribution in [0.1, 0.15) is 18.4 Å². The Morgan fingerprint density at radius 1 is 1.11 bits per heavy atom. The maximum atomic E-state index is 13.0. The average Bonchev–Trinajstić information content (AvgIpc) is 3.08. The third kappa shape index (κ3) is 4.57. The largest absolute Gasteiger partial charge is 0.328 e. The standard InChI is InChI=1S/C18H26Cl2N4O3S/c1-12(21)14-10-23(11-15(14)13-3-4-16(19)17(20)9-13)18(25)22-5-7-24(8-6-22)28(2,26)27/h3-4,9,12,14-15H,5-8,10-11,21H2,1-2H3/t12-,14-,15+/m0/s1. The molecule has 2 aliphatic rings. The Labute approximate surface area is 176 Å². The quantitative estimate of drug-likeness (QED) is 0.766. The van der Waals surface area contributed by atoms with E-state index in [1.165, 1.54) is 10.6 Å². The SMILES string of the molecule is C[C@H](N)[C@@H]1CN(C(=O)N2CCN(S(C)(=O)=O)CC2)C[C@@H]1c1ccc(Cl)c(Cl)c1. The molecule has 0 bridgehead atoms. The van der Waals surface area contributed by atoms with Crippen LogP contribution in [0.25, 0.3) is 0 Å². The highest BCUT2D eigenvalue weighted by atomic mass is 35.5. The first-order valence-corrected chi connectivity index (χ1v) is 11.9. The molecule has 2 aliphatic heterocycles. The minimum Gasteiger partial charge on any atom is -0.328 e. The third-order valence-electron chi connectivity index (χ3n) is 5.66. The van der Waals surface area contributed by atoms with Crippen LogP contribution < -0.4 is 5.73 Å². The molecule has 3 atom stereocenters. The fraction of sp³-hybridized carbons (Fsp3) is 0.611. The van der Waals surface area contributed by atoms with Gasteiger partial charge in [-0.25, -0.2) is 13.2 Å². The zero-order valence-corrected chi connectivity index (χ0v) is 18.3. The van der Waals surface area contributed by atoms with Gasteiger partial charge < -0.3 is 15.5 Å². The van der Waals surface area contributed by atoms with E-state index in [9.17, 15) is 13.2 Å². The van der Waals surface area contributed by atoms with Crippen molar-refractivity contribution in [1.29, 1.82) is 0 Å². The lowest BCUT2D eigenvalue weighted by molar-refractivity contribution is 0.140. The van der Waals surface area contributed by atoms with Crippen molar-refractivity contribution in [2.24, 2.45) is 11.7 Å². The minimum absolute atomic E-state index is 0.0682. The fourth-order valence-corrected chi connectivity index (χ4v) is 5.16. The van der Waals surface area contributed by atoms with Crippen molar-refractivity contribution < 1.29 is 13.2 Å². The van der Waals surface area contributed by atoms with E-state index in [0.717, 1.165) is 5.56 Å². The van der Waals surface area contributed by atoms with Crippen LogP contribution in [0.4, 0.5) is 4.79 Å². The maximum Gasteiger partial charge on any atom is 0.320 e. The Bertz CT molecular complexity index is 841. The van der Waals surface area contributed by atoms with E-state index in [-0.39, 0.29) is 23.9 Å². The van der Waals surface area contributed by atoms with Crippen molar-refractivity contribution in [2.45, 2.75) is 18.9 Å². The Morgan fingerprint density at radius 2 is 1.75 bits per heavy atom. The molecule has 0 aromatic heterocycles. The molecule has 0 radical (unpaired) electrons. The van der Waals surface area contributed by atoms with Gasteiger partial charge in [-0.15, -0.1) is 0 Å². The molecule has 0 saturated carbocycles. The number of carbonyl (C=O) groups excluding carboxylic acids is 1. The molecule has 2 N–H and O–H groups in total. The summed E-state index contributed by atoms with van der Waals surface area (Å²) in [6, 6.07) is 5.41. The Balaban J connectivity index is 1.71. The Hall–Kier alpha value is -1.06. The van der Waals surface area contributed by atoms with Gasteiger partial charge in [-0.2, -0.15) is 4.31 Å². The van der Waals surface area contributed by atoms with Gasteiger partial charge >= 0.3 is 6.03 Å². The number of hydrogen-bond donors (Lipinski definition) is 1. The van der Waals surface area contributed by atoms with Gasteiger partial charge in [0.05, 0.1) is 16.3 Å². The van der Waals surface area contributed by atoms with Gasteiger partial charge in [-0.1, -0.05) is 29.3 Å². The highest BCUT2D eigenvalue weighted by Crippen LogP contribution is 2.37. The third-order valence-corrected chi connectivity index (χ3v) is 7.70. The molecule has 0 spiro atoms. The highest BCUT2D eigenvalue weighted by Gasteiger charge is 2.40. The summed E-state index contributed by atoms with van der Waals surface area (Å²) in [5, 5.41) is 0.988. The fourth-order valence-electron chi connectivity index (χ4n) is 4.02. The molecular formula is C18H26Cl2N4O3S. The number of hydrogen-bond acceptors (Lipinski definition) is 4. The summed E-state index contributed by atoms with van der Waals surface area (Å²) >= 11 is 12.2. The van der Waals surface area contributed by atoms with Crippen LogP contribution in [0.3, 0.4) is 0 Å². The first kappa shape index (κ1) is 21.6. The van der Waals surface area contributed by atoms with Crippen molar-refractivity contribution in [2.75, 3.05) is 45.5 Å². The monoisotopic (exact) mass is 448 g/mol. The second-order valence-corrected chi connectivity index (χ2v) is 10.4. The van der Waals surface area contributed by atoms with Gasteiger partial charge in [0.15, 0.2) is 0 Å². The van der Waals surface area contributed by atoms with E-state index < -0.39 is 10.0 Å². The summed E-state index contributed by atoms with van der Waals surface area (Å²) in [4.78, 5) is 16.6. The molecule has 0 unspecified atom stereocenters. The lowest BCUT2D eigenvalue weighted by Crippen LogP contribution is -2.53. The number of rotatable bonds is 3. The topological polar surface area (TPSA) is 86.9 Å². The normalized spacial score (nSPS) is 25.2. The number of nitrogens with two attached hydrogens (primary N) is 1. The number of nitrogens with zero attached hydrogens (tertiary/aromatic N) is 3. The van der Waals surface area contributed by atoms with E-state index in [0.29, 0.717) is 49.3 Å². The second kappa shape index (κ2) is 8.36. The minimum atomic E-state index is -3.22. The Morgan fingerprint density at radius 3 is 2.29 bits per heavy atom. The van der Waals surface area contributed by atoms with Gasteiger partial charge in [0, 0.05) is 51.2 Å². The second-order valence-electron chi connectivity index (χ2n) is 7.64. The highest BCUT2D eigenvalue weighted by molar-refractivity contribution is 7.88. The van der Waals surface area contributed by atoms with Gasteiger partial charge in [0.25, 0.3) is 0 Å². The summed E-state index contributed by atoms with van der Waals surface area (Å²) in [5.74, 6) is 0.189. The van der Waals surface area contributed by atoms with E-state index in [4.69, 9.17) is 28.9 Å². The molecule has 2 amide bonds. The van der Waals surface area contributed by atoms with Gasteiger partial charge in [-0.3, -0.25) is 0 Å². The zero-order valence-electron chi connectivity index (χ0n) is 16.0. The molecule has 0 aliphatic carbocycles. The lowest BCUT2D eigenvalue weighted by Gasteiger charge is -2.35. The van der Waals surface area contributed by atoms with E-state index in [1.807, 2.05) is 24.0 Å². The zero-order chi connectivity index (χ0) is 20.6. The number of urea groups is 1. The summed E-state index contributed by atoms with van der Waals surface area (Å²) in [7, 11) is -3.22. The van der Waals surface area contributed by atoms with Crippen LogP contribution in [0, 0.1) is 5.92 Å². The summed E-state index contributed by atoms with van der Waals surface area (Å²) in [6.07, 6.45) is 1.19. The van der Waals surface area contributed by atoms with Crippen molar-refractivity contribution >= 4 is 39.3 Å². The predicted octanol–water partition coefficient (Wildman–Crippen LogP) is 2.05. The van der Waals surface area contributed by atoms with Gasteiger partial charge in [-0.05, 0) is 30.5 Å². The Kier molecular flexibility index (Phi) is 6.46. The van der Waals surface area contributed by atoms with E-state index in [2.05, 4.69) is 0 Å². The molecule has 28 heavy (non-hydrogen) atoms. The molecule has 2 fully saturated rings. The van der Waals surface area contributed by atoms with Crippen LogP contribution >= 0.6 is 23.2 Å². The first-order chi connectivity index (χ1) is 13.1. The first-order valence-electron chi connectivity index (χ1n) is 9.27. The van der Waals surface area contributed by atoms with Crippen LogP contribution in [0.15, 0.2) is 18.2 Å². The van der Waals surface area contributed by atoms with Gasteiger partial charge in [0.2, 0.25) is 10.0 Å². The lowest BCUT2D eigenvalue weighted by atomic mass is 9.85. The summed E-state index contributed by atoms with van der Waals surface area (Å²) in [6.45, 7) is 4.50. The molecule has 7 nitrogen and oxygen atoms in total. The molecule has 1 aromatic rings. The summed E-state index contributed by atoms with van der Waals surface area (Å²) < 4.78 is 24.7. The molecule has 1 aromatic carbocycles. The van der Waals surface area contributed by atoms with E-state index >= 15 is 0 Å². The van der Waals surface area contributed by atoms with E-state index in [1.54, 1.807) is 11.0 Å². The van der Waals surface area contributed by atoms with Crippen molar-refractivity contribution in [1.82, 2.24) is 14.1 Å². The maximum absolute atomic E-state index is 13.0. The predicted molar refractivity (Wildman–Crippen MR) is 111 cm³/mol. The molecular weight excluding hydrogens is 423 g/mol.